The van der Waals surface area contributed by atoms with Gasteiger partial charge in [0.1, 0.15) is 10.8 Å². The quantitative estimate of drug-likeness (QED) is 0.563. The van der Waals surface area contributed by atoms with Gasteiger partial charge >= 0.3 is 0 Å². The Hall–Kier alpha value is -2.72. The Labute approximate surface area is 153 Å². The summed E-state index contributed by atoms with van der Waals surface area (Å²) >= 11 is 5.71. The van der Waals surface area contributed by atoms with Gasteiger partial charge in [-0.15, -0.1) is 0 Å². The Kier molecular flexibility index (Phi) is 5.78. The molecule has 8 nitrogen and oxygen atoms in total. The minimum Gasteiger partial charge on any atom is -0.370 e. The van der Waals surface area contributed by atoms with Gasteiger partial charge in [-0.2, -0.15) is 0 Å². The molecule has 0 saturated carbocycles. The number of rotatable bonds is 7. The number of nitrogens with two attached hydrogens (primary N) is 1. The maximum Gasteiger partial charge on any atom is 0.289 e. The minimum absolute atomic E-state index is 0.0743. The molecule has 0 spiro atoms. The second-order valence-corrected chi connectivity index (χ2v) is 7.41. The first-order valence-corrected chi connectivity index (χ1v) is 8.95. The third kappa shape index (κ3) is 4.27. The van der Waals surface area contributed by atoms with E-state index in [4.69, 9.17) is 17.3 Å². The molecule has 26 heavy (non-hydrogen) atoms. The van der Waals surface area contributed by atoms with Crippen molar-refractivity contribution >= 4 is 38.9 Å². The van der Waals surface area contributed by atoms with Crippen LogP contribution in [0.1, 0.15) is 6.42 Å². The zero-order valence-corrected chi connectivity index (χ0v) is 14.7. The summed E-state index contributed by atoms with van der Waals surface area (Å²) in [6.45, 7) is -0.320. The summed E-state index contributed by atoms with van der Waals surface area (Å²) in [5.41, 5.74) is 4.57. The third-order valence-electron chi connectivity index (χ3n) is 3.38. The standard InChI is InChI=1S/C15H13ClFN3O5S/c16-13-6-5-12(9-14(13)20(22)23)26(24,25)19(8-7-15(18)21)11-3-1-10(17)2-4-11/h1-6,9H,7-8H2,(H2,18,21). The highest BCUT2D eigenvalue weighted by Gasteiger charge is 2.28. The van der Waals surface area contributed by atoms with Crippen molar-refractivity contribution in [2.75, 3.05) is 10.8 Å². The van der Waals surface area contributed by atoms with Gasteiger partial charge in [-0.25, -0.2) is 12.8 Å². The second-order valence-electron chi connectivity index (χ2n) is 5.14. The predicted molar refractivity (Wildman–Crippen MR) is 92.8 cm³/mol. The van der Waals surface area contributed by atoms with Gasteiger partial charge in [0.15, 0.2) is 0 Å². The van der Waals surface area contributed by atoms with Crippen LogP contribution in [0.25, 0.3) is 0 Å². The van der Waals surface area contributed by atoms with Crippen LogP contribution in [0.3, 0.4) is 0 Å². The fourth-order valence-corrected chi connectivity index (χ4v) is 3.80. The first-order valence-electron chi connectivity index (χ1n) is 7.13. The molecule has 2 N–H and O–H groups in total. The fourth-order valence-electron chi connectivity index (χ4n) is 2.13. The van der Waals surface area contributed by atoms with Gasteiger partial charge in [-0.1, -0.05) is 11.6 Å². The molecule has 0 atom stereocenters. The first-order chi connectivity index (χ1) is 12.1. The number of hydrogen-bond donors (Lipinski definition) is 1. The lowest BCUT2D eigenvalue weighted by Gasteiger charge is -2.24. The van der Waals surface area contributed by atoms with E-state index in [0.717, 1.165) is 34.6 Å². The van der Waals surface area contributed by atoms with Crippen molar-refractivity contribution in [2.24, 2.45) is 5.73 Å². The van der Waals surface area contributed by atoms with Gasteiger partial charge in [0.25, 0.3) is 15.7 Å². The van der Waals surface area contributed by atoms with Crippen molar-refractivity contribution in [3.63, 3.8) is 0 Å². The summed E-state index contributed by atoms with van der Waals surface area (Å²) < 4.78 is 39.8. The van der Waals surface area contributed by atoms with Crippen LogP contribution in [0, 0.1) is 15.9 Å². The highest BCUT2D eigenvalue weighted by atomic mass is 35.5. The number of nitro benzene ring substituents is 1. The molecule has 1 amide bonds. The summed E-state index contributed by atoms with van der Waals surface area (Å²) in [4.78, 5) is 20.9. The molecule has 2 rings (SSSR count). The molecule has 138 valence electrons. The van der Waals surface area contributed by atoms with E-state index in [1.54, 1.807) is 0 Å². The van der Waals surface area contributed by atoms with Crippen molar-refractivity contribution in [3.8, 4) is 0 Å². The molecular weight excluding hydrogens is 389 g/mol. The van der Waals surface area contributed by atoms with Gasteiger partial charge in [0, 0.05) is 19.0 Å². The molecule has 0 heterocycles. The van der Waals surface area contributed by atoms with Crippen LogP contribution in [0.2, 0.25) is 5.02 Å². The molecule has 2 aromatic rings. The van der Waals surface area contributed by atoms with E-state index in [9.17, 15) is 27.7 Å². The molecule has 0 aliphatic rings. The van der Waals surface area contributed by atoms with Gasteiger partial charge in [0.05, 0.1) is 15.5 Å². The van der Waals surface area contributed by atoms with Gasteiger partial charge in [0.2, 0.25) is 5.91 Å². The highest BCUT2D eigenvalue weighted by molar-refractivity contribution is 7.92. The van der Waals surface area contributed by atoms with Gasteiger partial charge in [-0.05, 0) is 36.4 Å². The number of primary amides is 1. The fraction of sp³-hybridized carbons (Fsp3) is 0.133. The molecular formula is C15H13ClFN3O5S. The van der Waals surface area contributed by atoms with Crippen molar-refractivity contribution in [1.29, 1.82) is 0 Å². The monoisotopic (exact) mass is 401 g/mol. The maximum atomic E-state index is 13.1. The smallest absolute Gasteiger partial charge is 0.289 e. The average Bonchev–Trinajstić information content (AvgIpc) is 2.56. The van der Waals surface area contributed by atoms with Crippen molar-refractivity contribution in [2.45, 2.75) is 11.3 Å². The van der Waals surface area contributed by atoms with E-state index in [1.165, 1.54) is 12.1 Å². The number of hydrogen-bond acceptors (Lipinski definition) is 5. The van der Waals surface area contributed by atoms with Crippen LogP contribution in [0.15, 0.2) is 47.4 Å². The maximum absolute atomic E-state index is 13.1. The number of benzene rings is 2. The highest BCUT2D eigenvalue weighted by Crippen LogP contribution is 2.30. The molecule has 0 aliphatic carbocycles. The molecule has 0 unspecified atom stereocenters. The van der Waals surface area contributed by atoms with E-state index in [2.05, 4.69) is 0 Å². The van der Waals surface area contributed by atoms with Crippen molar-refractivity contribution < 1.29 is 22.5 Å². The van der Waals surface area contributed by atoms with Crippen LogP contribution < -0.4 is 10.0 Å². The number of anilines is 1. The molecule has 0 saturated heterocycles. The molecule has 0 fully saturated rings. The third-order valence-corrected chi connectivity index (χ3v) is 5.52. The van der Waals surface area contributed by atoms with E-state index < -0.39 is 37.3 Å². The second kappa shape index (κ2) is 7.67. The van der Waals surface area contributed by atoms with Crippen LogP contribution in [0.4, 0.5) is 15.8 Å². The summed E-state index contributed by atoms with van der Waals surface area (Å²) in [5, 5.41) is 10.8. The van der Waals surface area contributed by atoms with Crippen LogP contribution >= 0.6 is 11.6 Å². The van der Waals surface area contributed by atoms with E-state index in [-0.39, 0.29) is 23.7 Å². The topological polar surface area (TPSA) is 124 Å². The number of nitrogens with zero attached hydrogens (tertiary/aromatic N) is 2. The number of amides is 1. The molecule has 0 aromatic heterocycles. The summed E-state index contributed by atoms with van der Waals surface area (Å²) in [7, 11) is -4.30. The Morgan fingerprint density at radius 2 is 1.85 bits per heavy atom. The number of halogens is 2. The first kappa shape index (κ1) is 19.6. The van der Waals surface area contributed by atoms with Crippen LogP contribution in [-0.2, 0) is 14.8 Å². The van der Waals surface area contributed by atoms with Gasteiger partial charge < -0.3 is 5.73 Å². The lowest BCUT2D eigenvalue weighted by molar-refractivity contribution is -0.384. The van der Waals surface area contributed by atoms with Gasteiger partial charge in [-0.3, -0.25) is 19.2 Å². The van der Waals surface area contributed by atoms with Crippen LogP contribution in [0.5, 0.6) is 0 Å². The number of sulfonamides is 1. The van der Waals surface area contributed by atoms with E-state index in [0.29, 0.717) is 0 Å². The predicted octanol–water partition coefficient (Wildman–Crippen LogP) is 2.46. The molecule has 0 aliphatic heterocycles. The Morgan fingerprint density at radius 3 is 2.38 bits per heavy atom. The van der Waals surface area contributed by atoms with Crippen molar-refractivity contribution in [3.05, 3.63) is 63.4 Å². The largest absolute Gasteiger partial charge is 0.370 e. The molecule has 0 bridgehead atoms. The number of carbonyl (C=O) groups is 1. The lowest BCUT2D eigenvalue weighted by Crippen LogP contribution is -2.34. The summed E-state index contributed by atoms with van der Waals surface area (Å²) in [6, 6.07) is 7.52. The average molecular weight is 402 g/mol. The SMILES string of the molecule is NC(=O)CCN(c1ccc(F)cc1)S(=O)(=O)c1ccc(Cl)c([N+](=O)[O-])c1. The molecule has 0 radical (unpaired) electrons. The van der Waals surface area contributed by atoms with E-state index >= 15 is 0 Å². The zero-order chi connectivity index (χ0) is 19.5. The Balaban J connectivity index is 2.54. The Morgan fingerprint density at radius 1 is 1.23 bits per heavy atom. The van der Waals surface area contributed by atoms with Crippen molar-refractivity contribution in [1.82, 2.24) is 0 Å². The summed E-state index contributed by atoms with van der Waals surface area (Å²) in [5.74, 6) is -1.32. The zero-order valence-electron chi connectivity index (χ0n) is 13.1. The number of carbonyl (C=O) groups excluding carboxylic acids is 1. The minimum atomic E-state index is -4.30. The summed E-state index contributed by atoms with van der Waals surface area (Å²) in [6.07, 6.45) is -0.299. The van der Waals surface area contributed by atoms with Crippen LogP contribution in [-0.4, -0.2) is 25.8 Å². The molecule has 11 heteroatoms. The number of nitro groups is 1. The Bertz CT molecular complexity index is 950. The van der Waals surface area contributed by atoms with E-state index in [1.807, 2.05) is 0 Å². The lowest BCUT2D eigenvalue weighted by atomic mass is 10.3. The normalized spacial score (nSPS) is 11.2. The molecule has 2 aromatic carbocycles.